The van der Waals surface area contributed by atoms with E-state index in [0.717, 1.165) is 16.9 Å². The van der Waals surface area contributed by atoms with Gasteiger partial charge in [0, 0.05) is 18.0 Å². The lowest BCUT2D eigenvalue weighted by Gasteiger charge is -2.26. The summed E-state index contributed by atoms with van der Waals surface area (Å²) in [7, 11) is 5.61. The van der Waals surface area contributed by atoms with Gasteiger partial charge in [0.1, 0.15) is 5.75 Å². The monoisotopic (exact) mass is 360 g/mol. The predicted octanol–water partition coefficient (Wildman–Crippen LogP) is 3.70. The number of methoxy groups -OCH3 is 1. The standard InChI is InChI=1S/C20H25ClN2O2/c1-23(2)19(17-6-4-5-7-18(17)21)14-22-20(24)13-10-15-8-11-16(25-3)12-9-15/h4-9,11-12,19H,10,13-14H2,1-3H3,(H,22,24). The minimum absolute atomic E-state index is 0.0368. The largest absolute Gasteiger partial charge is 0.497 e. The highest BCUT2D eigenvalue weighted by Gasteiger charge is 2.17. The number of halogens is 1. The first-order valence-electron chi connectivity index (χ1n) is 8.31. The number of hydrogen-bond donors (Lipinski definition) is 1. The summed E-state index contributed by atoms with van der Waals surface area (Å²) in [6, 6.07) is 15.6. The van der Waals surface area contributed by atoms with E-state index in [1.165, 1.54) is 0 Å². The van der Waals surface area contributed by atoms with Crippen molar-refractivity contribution >= 4 is 17.5 Å². The van der Waals surface area contributed by atoms with E-state index in [4.69, 9.17) is 16.3 Å². The highest BCUT2D eigenvalue weighted by molar-refractivity contribution is 6.31. The van der Waals surface area contributed by atoms with E-state index >= 15 is 0 Å². The van der Waals surface area contributed by atoms with Crippen molar-refractivity contribution in [3.63, 3.8) is 0 Å². The Kier molecular flexibility index (Phi) is 7.29. The second-order valence-electron chi connectivity index (χ2n) is 6.15. The maximum Gasteiger partial charge on any atom is 0.220 e. The van der Waals surface area contributed by atoms with E-state index in [0.29, 0.717) is 24.4 Å². The van der Waals surface area contributed by atoms with Crippen molar-refractivity contribution < 1.29 is 9.53 Å². The Morgan fingerprint density at radius 1 is 1.16 bits per heavy atom. The Labute approximate surface area is 154 Å². The molecule has 2 aromatic rings. The van der Waals surface area contributed by atoms with Gasteiger partial charge in [0.25, 0.3) is 0 Å². The fraction of sp³-hybridized carbons (Fsp3) is 0.350. The molecule has 0 heterocycles. The third kappa shape index (κ3) is 5.76. The Hall–Kier alpha value is -2.04. The quantitative estimate of drug-likeness (QED) is 0.780. The van der Waals surface area contributed by atoms with Gasteiger partial charge in [-0.3, -0.25) is 4.79 Å². The van der Waals surface area contributed by atoms with E-state index in [1.54, 1.807) is 7.11 Å². The first kappa shape index (κ1) is 19.3. The number of nitrogens with zero attached hydrogens (tertiary/aromatic N) is 1. The second kappa shape index (κ2) is 9.44. The van der Waals surface area contributed by atoms with Crippen molar-refractivity contribution in [3.05, 3.63) is 64.7 Å². The summed E-state index contributed by atoms with van der Waals surface area (Å²) in [4.78, 5) is 14.3. The number of likely N-dealkylation sites (N-methyl/N-ethyl adjacent to an activating group) is 1. The lowest BCUT2D eigenvalue weighted by atomic mass is 10.1. The van der Waals surface area contributed by atoms with Crippen LogP contribution in [0.15, 0.2) is 48.5 Å². The maximum atomic E-state index is 12.2. The average Bonchev–Trinajstić information content (AvgIpc) is 2.61. The SMILES string of the molecule is COc1ccc(CCC(=O)NCC(c2ccccc2Cl)N(C)C)cc1. The molecule has 5 heteroatoms. The van der Waals surface area contributed by atoms with Crippen LogP contribution in [-0.4, -0.2) is 38.6 Å². The molecule has 0 bridgehead atoms. The number of hydrogen-bond acceptors (Lipinski definition) is 3. The number of benzene rings is 2. The van der Waals surface area contributed by atoms with Crippen molar-refractivity contribution in [1.82, 2.24) is 10.2 Å². The van der Waals surface area contributed by atoms with E-state index in [1.807, 2.05) is 62.6 Å². The van der Waals surface area contributed by atoms with Gasteiger partial charge in [-0.1, -0.05) is 41.9 Å². The maximum absolute atomic E-state index is 12.2. The molecule has 2 aromatic carbocycles. The van der Waals surface area contributed by atoms with Crippen LogP contribution in [-0.2, 0) is 11.2 Å². The zero-order chi connectivity index (χ0) is 18.2. The molecule has 0 saturated carbocycles. The molecule has 1 atom stereocenters. The van der Waals surface area contributed by atoms with Crippen LogP contribution in [0.4, 0.5) is 0 Å². The zero-order valence-corrected chi connectivity index (χ0v) is 15.7. The Morgan fingerprint density at radius 2 is 1.84 bits per heavy atom. The summed E-state index contributed by atoms with van der Waals surface area (Å²) in [5, 5.41) is 3.74. The number of amides is 1. The van der Waals surface area contributed by atoms with Crippen molar-refractivity contribution in [3.8, 4) is 5.75 Å². The Balaban J connectivity index is 1.87. The normalized spacial score (nSPS) is 12.0. The minimum atomic E-state index is 0.0368. The molecule has 0 spiro atoms. The van der Waals surface area contributed by atoms with Gasteiger partial charge in [0.2, 0.25) is 5.91 Å². The molecule has 0 aliphatic heterocycles. The molecule has 1 N–H and O–H groups in total. The Bertz CT molecular complexity index is 686. The highest BCUT2D eigenvalue weighted by atomic mass is 35.5. The Morgan fingerprint density at radius 3 is 2.44 bits per heavy atom. The van der Waals surface area contributed by atoms with Gasteiger partial charge in [-0.05, 0) is 49.8 Å². The fourth-order valence-electron chi connectivity index (χ4n) is 2.67. The number of nitrogens with one attached hydrogen (secondary N) is 1. The average molecular weight is 361 g/mol. The van der Waals surface area contributed by atoms with Crippen molar-refractivity contribution in [1.29, 1.82) is 0 Å². The molecule has 0 aromatic heterocycles. The lowest BCUT2D eigenvalue weighted by molar-refractivity contribution is -0.121. The van der Waals surface area contributed by atoms with Crippen LogP contribution in [0.1, 0.15) is 23.6 Å². The predicted molar refractivity (Wildman–Crippen MR) is 102 cm³/mol. The van der Waals surface area contributed by atoms with Crippen LogP contribution in [0.3, 0.4) is 0 Å². The summed E-state index contributed by atoms with van der Waals surface area (Å²) in [5.41, 5.74) is 2.14. The lowest BCUT2D eigenvalue weighted by Crippen LogP contribution is -2.34. The second-order valence-corrected chi connectivity index (χ2v) is 6.56. The van der Waals surface area contributed by atoms with Crippen molar-refractivity contribution in [2.24, 2.45) is 0 Å². The smallest absolute Gasteiger partial charge is 0.220 e. The third-order valence-electron chi connectivity index (χ3n) is 4.18. The van der Waals surface area contributed by atoms with E-state index < -0.39 is 0 Å². The van der Waals surface area contributed by atoms with Gasteiger partial charge in [-0.2, -0.15) is 0 Å². The molecule has 1 unspecified atom stereocenters. The highest BCUT2D eigenvalue weighted by Crippen LogP contribution is 2.25. The number of aryl methyl sites for hydroxylation is 1. The van der Waals surface area contributed by atoms with Crippen LogP contribution < -0.4 is 10.1 Å². The van der Waals surface area contributed by atoms with E-state index in [2.05, 4.69) is 10.2 Å². The van der Waals surface area contributed by atoms with Crippen molar-refractivity contribution in [2.45, 2.75) is 18.9 Å². The van der Waals surface area contributed by atoms with Gasteiger partial charge in [0.15, 0.2) is 0 Å². The van der Waals surface area contributed by atoms with Gasteiger partial charge in [-0.15, -0.1) is 0 Å². The van der Waals surface area contributed by atoms with Crippen LogP contribution in [0.25, 0.3) is 0 Å². The number of ether oxygens (including phenoxy) is 1. The van der Waals surface area contributed by atoms with Gasteiger partial charge >= 0.3 is 0 Å². The molecule has 0 saturated heterocycles. The van der Waals surface area contributed by atoms with Crippen molar-refractivity contribution in [2.75, 3.05) is 27.7 Å². The van der Waals surface area contributed by atoms with Crippen LogP contribution in [0.5, 0.6) is 5.75 Å². The molecule has 1 amide bonds. The molecule has 0 aliphatic carbocycles. The first-order chi connectivity index (χ1) is 12.0. The van der Waals surface area contributed by atoms with Gasteiger partial charge < -0.3 is 15.0 Å². The molecule has 2 rings (SSSR count). The van der Waals surface area contributed by atoms with Gasteiger partial charge in [-0.25, -0.2) is 0 Å². The van der Waals surface area contributed by atoms with Gasteiger partial charge in [0.05, 0.1) is 13.2 Å². The molecule has 25 heavy (non-hydrogen) atoms. The van der Waals surface area contributed by atoms with E-state index in [-0.39, 0.29) is 11.9 Å². The zero-order valence-electron chi connectivity index (χ0n) is 15.0. The van der Waals surface area contributed by atoms with Crippen LogP contribution in [0, 0.1) is 0 Å². The number of rotatable bonds is 8. The summed E-state index contributed by atoms with van der Waals surface area (Å²) in [5.74, 6) is 0.858. The van der Waals surface area contributed by atoms with Crippen LogP contribution >= 0.6 is 11.6 Å². The molecule has 0 fully saturated rings. The fourth-order valence-corrected chi connectivity index (χ4v) is 2.93. The summed E-state index contributed by atoms with van der Waals surface area (Å²) < 4.78 is 5.14. The third-order valence-corrected chi connectivity index (χ3v) is 4.52. The number of carbonyl (C=O) groups is 1. The van der Waals surface area contributed by atoms with Crippen LogP contribution in [0.2, 0.25) is 5.02 Å². The first-order valence-corrected chi connectivity index (χ1v) is 8.69. The minimum Gasteiger partial charge on any atom is -0.497 e. The topological polar surface area (TPSA) is 41.6 Å². The summed E-state index contributed by atoms with van der Waals surface area (Å²) in [6.07, 6.45) is 1.16. The molecule has 134 valence electrons. The summed E-state index contributed by atoms with van der Waals surface area (Å²) >= 11 is 6.29. The molecular formula is C20H25ClN2O2. The molecule has 0 radical (unpaired) electrons. The molecule has 0 aliphatic rings. The number of carbonyl (C=O) groups excluding carboxylic acids is 1. The molecular weight excluding hydrogens is 336 g/mol. The molecule has 4 nitrogen and oxygen atoms in total. The van der Waals surface area contributed by atoms with E-state index in [9.17, 15) is 4.79 Å². The summed E-state index contributed by atoms with van der Waals surface area (Å²) in [6.45, 7) is 0.526.